The number of fused-ring (bicyclic) bond motifs is 1. The Morgan fingerprint density at radius 2 is 2.03 bits per heavy atom. The Morgan fingerprint density at radius 3 is 2.69 bits per heavy atom. The van der Waals surface area contributed by atoms with Crippen LogP contribution in [-0.4, -0.2) is 40.0 Å². The van der Waals surface area contributed by atoms with E-state index >= 15 is 0 Å². The van der Waals surface area contributed by atoms with Crippen molar-refractivity contribution >= 4 is 24.5 Å². The van der Waals surface area contributed by atoms with Crippen molar-refractivity contribution in [2.24, 2.45) is 5.92 Å². The first-order valence-electron chi connectivity index (χ1n) is 9.76. The van der Waals surface area contributed by atoms with Crippen LogP contribution in [0.25, 0.3) is 0 Å². The fourth-order valence-corrected chi connectivity index (χ4v) is 3.34. The predicted molar refractivity (Wildman–Crippen MR) is 106 cm³/mol. The van der Waals surface area contributed by atoms with E-state index < -0.39 is 43.5 Å². The summed E-state index contributed by atoms with van der Waals surface area (Å²) in [5.74, 6) is -1.74. The Bertz CT molecular complexity index is 1030. The molecular formula is C20H21BF3N3O5. The molecular weight excluding hydrogens is 430 g/mol. The lowest BCUT2D eigenvalue weighted by molar-refractivity contribution is -0.148. The molecule has 2 aromatic rings. The second kappa shape index (κ2) is 9.25. The van der Waals surface area contributed by atoms with E-state index in [1.54, 1.807) is 32.9 Å². The van der Waals surface area contributed by atoms with Gasteiger partial charge in [0.05, 0.1) is 12.3 Å². The van der Waals surface area contributed by atoms with Crippen LogP contribution < -0.4 is 10.8 Å². The summed E-state index contributed by atoms with van der Waals surface area (Å²) in [6, 6.07) is 2.88. The maximum absolute atomic E-state index is 12.8. The minimum Gasteiger partial charge on any atom is -0.458 e. The normalized spacial score (nSPS) is 14.3. The molecule has 0 aliphatic carbocycles. The third-order valence-corrected chi connectivity index (χ3v) is 5.08. The molecule has 1 aromatic heterocycles. The predicted octanol–water partition coefficient (Wildman–Crippen LogP) is 1.52. The zero-order valence-corrected chi connectivity index (χ0v) is 17.6. The molecule has 0 saturated heterocycles. The van der Waals surface area contributed by atoms with Crippen molar-refractivity contribution in [2.45, 2.75) is 46.2 Å². The lowest BCUT2D eigenvalue weighted by atomic mass is 9.75. The average molecular weight is 451 g/mol. The van der Waals surface area contributed by atoms with Crippen molar-refractivity contribution in [3.05, 3.63) is 52.6 Å². The lowest BCUT2D eigenvalue weighted by Gasteiger charge is -2.21. The molecule has 170 valence electrons. The van der Waals surface area contributed by atoms with Gasteiger partial charge in [-0.15, -0.1) is 0 Å². The molecule has 0 spiro atoms. The second-order valence-electron chi connectivity index (χ2n) is 7.67. The molecule has 1 atom stereocenters. The van der Waals surface area contributed by atoms with Crippen molar-refractivity contribution in [1.29, 1.82) is 0 Å². The van der Waals surface area contributed by atoms with Crippen LogP contribution in [0, 0.1) is 12.8 Å². The number of hydrogen-bond donors (Lipinski definition) is 2. The number of nitrogens with zero attached hydrogens (tertiary/aromatic N) is 2. The van der Waals surface area contributed by atoms with Crippen molar-refractivity contribution in [1.82, 2.24) is 15.3 Å². The van der Waals surface area contributed by atoms with E-state index in [1.165, 1.54) is 0 Å². The van der Waals surface area contributed by atoms with Crippen molar-refractivity contribution in [2.75, 3.05) is 0 Å². The molecule has 1 aliphatic rings. The van der Waals surface area contributed by atoms with E-state index in [0.717, 1.165) is 11.9 Å². The van der Waals surface area contributed by atoms with Crippen LogP contribution in [0.5, 0.6) is 0 Å². The van der Waals surface area contributed by atoms with E-state index in [9.17, 15) is 27.8 Å². The number of hydrogen-bond acceptors (Lipinski definition) is 7. The fraction of sp³-hybridized carbons (Fsp3) is 0.400. The average Bonchev–Trinajstić information content (AvgIpc) is 3.11. The molecule has 3 rings (SSSR count). The van der Waals surface area contributed by atoms with E-state index in [-0.39, 0.29) is 23.8 Å². The number of ether oxygens (including phenoxy) is 1. The van der Waals surface area contributed by atoms with Gasteiger partial charge in [-0.1, -0.05) is 19.9 Å². The quantitative estimate of drug-likeness (QED) is 0.506. The van der Waals surface area contributed by atoms with Gasteiger partial charge in [0.15, 0.2) is 0 Å². The Hall–Kier alpha value is -2.99. The highest BCUT2D eigenvalue weighted by molar-refractivity contribution is 6.62. The highest BCUT2D eigenvalue weighted by Gasteiger charge is 2.34. The number of carbonyl (C=O) groups is 2. The van der Waals surface area contributed by atoms with Crippen molar-refractivity contribution < 1.29 is 37.2 Å². The first kappa shape index (κ1) is 23.7. The molecule has 1 aromatic carbocycles. The molecule has 2 N–H and O–H groups in total. The van der Waals surface area contributed by atoms with Gasteiger partial charge < -0.3 is 19.7 Å². The molecule has 0 unspecified atom stereocenters. The summed E-state index contributed by atoms with van der Waals surface area (Å²) >= 11 is 0. The molecule has 32 heavy (non-hydrogen) atoms. The zero-order valence-electron chi connectivity index (χ0n) is 17.6. The van der Waals surface area contributed by atoms with Gasteiger partial charge in [-0.2, -0.15) is 13.2 Å². The SMILES string of the molecule is Cc1c(C(=O)N[C@H](C(=O)OCc2cc(C(F)(F)F)ncn2)C(C)C)ccc2c1B(O)OC2. The minimum absolute atomic E-state index is 0.127. The van der Waals surface area contributed by atoms with E-state index in [1.807, 2.05) is 0 Å². The van der Waals surface area contributed by atoms with Gasteiger partial charge in [0.25, 0.3) is 5.91 Å². The summed E-state index contributed by atoms with van der Waals surface area (Å²) in [6.45, 7) is 4.77. The number of benzene rings is 1. The van der Waals surface area contributed by atoms with Crippen LogP contribution in [0.2, 0.25) is 0 Å². The number of nitrogens with one attached hydrogen (secondary N) is 1. The molecule has 1 amide bonds. The largest absolute Gasteiger partial charge is 0.492 e. The Balaban J connectivity index is 1.70. The lowest BCUT2D eigenvalue weighted by Crippen LogP contribution is -2.46. The molecule has 0 bridgehead atoms. The van der Waals surface area contributed by atoms with Crippen LogP contribution in [0.4, 0.5) is 13.2 Å². The topological polar surface area (TPSA) is 111 Å². The number of aromatic nitrogens is 2. The third-order valence-electron chi connectivity index (χ3n) is 5.08. The van der Waals surface area contributed by atoms with Gasteiger partial charge in [-0.25, -0.2) is 14.8 Å². The molecule has 1 aliphatic heterocycles. The fourth-order valence-electron chi connectivity index (χ4n) is 3.34. The number of esters is 1. The molecule has 0 saturated carbocycles. The minimum atomic E-state index is -4.65. The van der Waals surface area contributed by atoms with Gasteiger partial charge in [0.1, 0.15) is 24.7 Å². The molecule has 0 radical (unpaired) electrons. The summed E-state index contributed by atoms with van der Waals surface area (Å²) < 4.78 is 48.6. The number of halogens is 3. The number of amides is 1. The highest BCUT2D eigenvalue weighted by atomic mass is 19.4. The Kier molecular flexibility index (Phi) is 6.84. The zero-order chi connectivity index (χ0) is 23.6. The van der Waals surface area contributed by atoms with Gasteiger partial charge in [0, 0.05) is 5.56 Å². The number of alkyl halides is 3. The summed E-state index contributed by atoms with van der Waals surface area (Å²) in [5.41, 5.74) is 0.808. The van der Waals surface area contributed by atoms with Gasteiger partial charge in [0.2, 0.25) is 0 Å². The first-order chi connectivity index (χ1) is 15.0. The van der Waals surface area contributed by atoms with Crippen molar-refractivity contribution in [3.63, 3.8) is 0 Å². The molecule has 2 heterocycles. The number of rotatable bonds is 6. The van der Waals surface area contributed by atoms with Crippen LogP contribution >= 0.6 is 0 Å². The molecule has 8 nitrogen and oxygen atoms in total. The monoisotopic (exact) mass is 451 g/mol. The van der Waals surface area contributed by atoms with E-state index in [2.05, 4.69) is 15.3 Å². The van der Waals surface area contributed by atoms with E-state index in [0.29, 0.717) is 17.1 Å². The summed E-state index contributed by atoms with van der Waals surface area (Å²) in [4.78, 5) is 32.2. The Morgan fingerprint density at radius 1 is 1.31 bits per heavy atom. The maximum atomic E-state index is 12.8. The maximum Gasteiger partial charge on any atom is 0.492 e. The second-order valence-corrected chi connectivity index (χ2v) is 7.67. The van der Waals surface area contributed by atoms with Gasteiger partial charge in [-0.05, 0) is 41.6 Å². The highest BCUT2D eigenvalue weighted by Crippen LogP contribution is 2.27. The third kappa shape index (κ3) is 5.08. The summed E-state index contributed by atoms with van der Waals surface area (Å²) in [5, 5.41) is 12.6. The van der Waals surface area contributed by atoms with Crippen LogP contribution in [-0.2, 0) is 33.6 Å². The summed E-state index contributed by atoms with van der Waals surface area (Å²) in [6.07, 6.45) is -3.91. The standard InChI is InChI=1S/C20H21BF3N3O5/c1-10(2)17(19(29)31-8-13-6-15(20(22,23)24)26-9-25-13)27-18(28)14-5-4-12-7-32-21(30)16(12)11(14)3/h4-6,9-10,17,30H,7-8H2,1-3H3,(H,27,28)/t17-/m0/s1. The van der Waals surface area contributed by atoms with Crippen LogP contribution in [0.1, 0.15) is 46.7 Å². The first-order valence-corrected chi connectivity index (χ1v) is 9.76. The van der Waals surface area contributed by atoms with Crippen LogP contribution in [0.15, 0.2) is 24.5 Å². The summed E-state index contributed by atoms with van der Waals surface area (Å²) in [7, 11) is -1.13. The van der Waals surface area contributed by atoms with E-state index in [4.69, 9.17) is 9.39 Å². The van der Waals surface area contributed by atoms with Gasteiger partial charge >= 0.3 is 19.3 Å². The Labute approximate surface area is 182 Å². The number of carbonyl (C=O) groups excluding carboxylic acids is 2. The smallest absolute Gasteiger partial charge is 0.458 e. The van der Waals surface area contributed by atoms with Crippen molar-refractivity contribution in [3.8, 4) is 0 Å². The van der Waals surface area contributed by atoms with Crippen LogP contribution in [0.3, 0.4) is 0 Å². The van der Waals surface area contributed by atoms with Gasteiger partial charge in [-0.3, -0.25) is 4.79 Å². The molecule has 0 fully saturated rings. The molecule has 12 heteroatoms.